The van der Waals surface area contributed by atoms with Crippen LogP contribution in [-0.4, -0.2) is 39.6 Å². The maximum atomic E-state index is 14.0. The monoisotopic (exact) mass is 486 g/mol. The van der Waals surface area contributed by atoms with E-state index in [1.54, 1.807) is 6.07 Å². The molecule has 1 saturated carbocycles. The normalized spacial score (nSPS) is 23.0. The van der Waals surface area contributed by atoms with Gasteiger partial charge in [0, 0.05) is 18.2 Å². The van der Waals surface area contributed by atoms with E-state index in [4.69, 9.17) is 4.74 Å². The number of H-pyrrole nitrogens is 1. The fourth-order valence-electron chi connectivity index (χ4n) is 4.46. The Balaban J connectivity index is 0.00000259. The number of fused-ring (bicyclic) bond motifs is 1. The lowest BCUT2D eigenvalue weighted by Gasteiger charge is -2.34. The number of carbonyl (C=O) groups excluding carboxylic acids is 1. The lowest BCUT2D eigenvalue weighted by Crippen LogP contribution is -2.38. The number of benzene rings is 1. The summed E-state index contributed by atoms with van der Waals surface area (Å²) in [7, 11) is 0. The molecule has 176 valence electrons. The fourth-order valence-corrected chi connectivity index (χ4v) is 4.46. The molecule has 1 aliphatic carbocycles. The van der Waals surface area contributed by atoms with Crippen molar-refractivity contribution in [2.75, 3.05) is 11.4 Å². The molecule has 5 rings (SSSR count). The number of rotatable bonds is 3. The van der Waals surface area contributed by atoms with Crippen LogP contribution in [0.5, 0.6) is 5.75 Å². The largest absolute Gasteiger partial charge is 0.573 e. The summed E-state index contributed by atoms with van der Waals surface area (Å²) in [5.41, 5.74) is 0.369. The summed E-state index contributed by atoms with van der Waals surface area (Å²) in [6.45, 7) is 0.236. The zero-order valence-corrected chi connectivity index (χ0v) is 17.9. The second-order valence-corrected chi connectivity index (χ2v) is 8.07. The molecule has 2 fully saturated rings. The van der Waals surface area contributed by atoms with Gasteiger partial charge in [0.25, 0.3) is 0 Å². The highest BCUT2D eigenvalue weighted by molar-refractivity contribution is 5.90. The predicted molar refractivity (Wildman–Crippen MR) is 112 cm³/mol. The second kappa shape index (κ2) is 8.36. The second-order valence-electron chi connectivity index (χ2n) is 8.07. The van der Waals surface area contributed by atoms with Crippen LogP contribution >= 0.6 is 12.4 Å². The van der Waals surface area contributed by atoms with Crippen molar-refractivity contribution in [1.29, 1.82) is 0 Å². The summed E-state index contributed by atoms with van der Waals surface area (Å²) in [6, 6.07) is 7.01. The molecule has 1 saturated heterocycles. The van der Waals surface area contributed by atoms with Crippen LogP contribution in [0.15, 0.2) is 36.5 Å². The number of imidazole rings is 1. The number of aromatic amines is 1. The minimum Gasteiger partial charge on any atom is -0.441 e. The smallest absolute Gasteiger partial charge is 0.441 e. The van der Waals surface area contributed by atoms with Crippen LogP contribution in [0.4, 0.5) is 28.0 Å². The van der Waals surface area contributed by atoms with E-state index in [2.05, 4.69) is 19.7 Å². The lowest BCUT2D eigenvalue weighted by atomic mass is 9.78. The van der Waals surface area contributed by atoms with Gasteiger partial charge in [-0.3, -0.25) is 4.90 Å². The van der Waals surface area contributed by atoms with Gasteiger partial charge < -0.3 is 14.5 Å². The number of ether oxygens (including phenoxy) is 2. The molecule has 1 aliphatic heterocycles. The van der Waals surface area contributed by atoms with Gasteiger partial charge in [-0.15, -0.1) is 25.6 Å². The number of pyridine rings is 1. The van der Waals surface area contributed by atoms with Crippen molar-refractivity contribution in [2.24, 2.45) is 0 Å². The van der Waals surface area contributed by atoms with Crippen molar-refractivity contribution in [3.8, 4) is 5.75 Å². The fraction of sp³-hybridized carbons (Fsp3) is 0.381. The molecule has 3 heterocycles. The van der Waals surface area contributed by atoms with Crippen LogP contribution in [-0.2, 0) is 4.74 Å². The number of hydrogen-bond donors (Lipinski definition) is 1. The molecule has 0 bridgehead atoms. The van der Waals surface area contributed by atoms with Crippen molar-refractivity contribution in [3.05, 3.63) is 48.3 Å². The SMILES string of the molecule is Cl.O=C1O[C@]2(CC[C@H](c3nc4cc(OC(F)(F)F)ccc4[nH]3)CC2)CN1c1cccnc1F. The Hall–Kier alpha value is -3.08. The first kappa shape index (κ1) is 23.1. The van der Waals surface area contributed by atoms with E-state index >= 15 is 0 Å². The van der Waals surface area contributed by atoms with Crippen LogP contribution in [0.25, 0.3) is 11.0 Å². The number of carbonyl (C=O) groups is 1. The molecular formula is C21H19ClF4N4O3. The number of alkyl halides is 3. The quantitative estimate of drug-likeness (QED) is 0.392. The first-order chi connectivity index (χ1) is 15.2. The van der Waals surface area contributed by atoms with Crippen molar-refractivity contribution >= 4 is 35.2 Å². The van der Waals surface area contributed by atoms with Gasteiger partial charge in [-0.1, -0.05) is 0 Å². The Morgan fingerprint density at radius 1 is 1.21 bits per heavy atom. The summed E-state index contributed by atoms with van der Waals surface area (Å²) < 4.78 is 61.0. The Kier molecular flexibility index (Phi) is 5.85. The summed E-state index contributed by atoms with van der Waals surface area (Å²) in [5.74, 6) is -0.362. The standard InChI is InChI=1S/C21H18F4N4O3.ClH/c22-17-16(2-1-9-26-17)29-11-20(32-19(29)30)7-5-12(6-8-20)18-27-14-4-3-13(10-15(14)28-18)31-21(23,24)25;/h1-4,9-10,12H,5-8,11H2,(H,27,28);1H/t12-,20-;. The molecule has 0 unspecified atom stereocenters. The molecule has 1 amide bonds. The zero-order valence-electron chi connectivity index (χ0n) is 17.1. The van der Waals surface area contributed by atoms with Gasteiger partial charge in [-0.25, -0.2) is 14.8 Å². The van der Waals surface area contributed by atoms with Crippen LogP contribution in [0.2, 0.25) is 0 Å². The first-order valence-corrected chi connectivity index (χ1v) is 10.1. The van der Waals surface area contributed by atoms with Crippen LogP contribution in [0.3, 0.4) is 0 Å². The van der Waals surface area contributed by atoms with E-state index in [1.807, 2.05) is 0 Å². The average Bonchev–Trinajstić information content (AvgIpc) is 3.28. The van der Waals surface area contributed by atoms with E-state index < -0.39 is 24.0 Å². The molecule has 0 atom stereocenters. The van der Waals surface area contributed by atoms with E-state index in [9.17, 15) is 22.4 Å². The summed E-state index contributed by atoms with van der Waals surface area (Å²) in [5, 5.41) is 0. The molecule has 3 aromatic rings. The highest BCUT2D eigenvalue weighted by Crippen LogP contribution is 2.44. The maximum Gasteiger partial charge on any atom is 0.573 e. The highest BCUT2D eigenvalue weighted by Gasteiger charge is 2.48. The third-order valence-corrected chi connectivity index (χ3v) is 5.99. The third-order valence-electron chi connectivity index (χ3n) is 5.99. The van der Waals surface area contributed by atoms with Gasteiger partial charge in [0.15, 0.2) is 0 Å². The molecule has 12 heteroatoms. The molecule has 1 N–H and O–H groups in total. The van der Waals surface area contributed by atoms with Crippen LogP contribution in [0.1, 0.15) is 37.4 Å². The molecule has 1 aromatic carbocycles. The van der Waals surface area contributed by atoms with Crippen LogP contribution in [0, 0.1) is 5.95 Å². The van der Waals surface area contributed by atoms with Crippen molar-refractivity contribution < 1.29 is 31.8 Å². The Morgan fingerprint density at radius 2 is 1.97 bits per heavy atom. The zero-order chi connectivity index (χ0) is 22.5. The van der Waals surface area contributed by atoms with E-state index in [0.717, 1.165) is 0 Å². The van der Waals surface area contributed by atoms with Crippen molar-refractivity contribution in [1.82, 2.24) is 15.0 Å². The molecular weight excluding hydrogens is 468 g/mol. The van der Waals surface area contributed by atoms with Gasteiger partial charge in [-0.05, 0) is 49.9 Å². The maximum absolute atomic E-state index is 14.0. The number of amides is 1. The topological polar surface area (TPSA) is 80.3 Å². The summed E-state index contributed by atoms with van der Waals surface area (Å²) in [4.78, 5) is 24.9. The van der Waals surface area contributed by atoms with Gasteiger partial charge in [0.2, 0.25) is 5.95 Å². The Labute approximate surface area is 191 Å². The number of aromatic nitrogens is 3. The van der Waals surface area contributed by atoms with Crippen molar-refractivity contribution in [2.45, 2.75) is 43.6 Å². The van der Waals surface area contributed by atoms with Crippen molar-refractivity contribution in [3.63, 3.8) is 0 Å². The highest BCUT2D eigenvalue weighted by atomic mass is 35.5. The van der Waals surface area contributed by atoms with E-state index in [0.29, 0.717) is 42.5 Å². The minimum atomic E-state index is -4.77. The number of nitrogens with one attached hydrogen (secondary N) is 1. The molecule has 2 aromatic heterocycles. The molecule has 0 radical (unpaired) electrons. The van der Waals surface area contributed by atoms with E-state index in [1.165, 1.54) is 35.4 Å². The van der Waals surface area contributed by atoms with Gasteiger partial charge in [0.1, 0.15) is 22.9 Å². The average molecular weight is 487 g/mol. The molecule has 33 heavy (non-hydrogen) atoms. The number of anilines is 1. The first-order valence-electron chi connectivity index (χ1n) is 10.1. The number of halogens is 5. The molecule has 1 spiro atoms. The Bertz CT molecular complexity index is 1180. The Morgan fingerprint density at radius 3 is 2.67 bits per heavy atom. The summed E-state index contributed by atoms with van der Waals surface area (Å²) in [6.07, 6.45) is -1.63. The molecule has 2 aliphatic rings. The number of nitrogens with zero attached hydrogens (tertiary/aromatic N) is 3. The van der Waals surface area contributed by atoms with E-state index in [-0.39, 0.29) is 36.3 Å². The summed E-state index contributed by atoms with van der Waals surface area (Å²) >= 11 is 0. The predicted octanol–water partition coefficient (Wildman–Crippen LogP) is 5.47. The minimum absolute atomic E-state index is 0. The molecule has 7 nitrogen and oxygen atoms in total. The van der Waals surface area contributed by atoms with Gasteiger partial charge in [-0.2, -0.15) is 4.39 Å². The lowest BCUT2D eigenvalue weighted by molar-refractivity contribution is -0.274. The third kappa shape index (κ3) is 4.54. The number of hydrogen-bond acceptors (Lipinski definition) is 5. The van der Waals surface area contributed by atoms with Gasteiger partial charge in [0.05, 0.1) is 17.6 Å². The van der Waals surface area contributed by atoms with Gasteiger partial charge >= 0.3 is 12.5 Å². The van der Waals surface area contributed by atoms with Crippen LogP contribution < -0.4 is 9.64 Å².